The number of nitrogens with zero attached hydrogens (tertiary/aromatic N) is 3. The van der Waals surface area contributed by atoms with E-state index in [9.17, 15) is 0 Å². The molecular formula is C19H17ClN4OS. The number of aromatic nitrogens is 4. The van der Waals surface area contributed by atoms with Crippen LogP contribution in [0.5, 0.6) is 5.75 Å². The third-order valence-corrected chi connectivity index (χ3v) is 5.44. The first-order valence-electron chi connectivity index (χ1n) is 8.10. The molecule has 1 aromatic carbocycles. The van der Waals surface area contributed by atoms with E-state index in [2.05, 4.69) is 15.0 Å². The van der Waals surface area contributed by atoms with Crippen molar-refractivity contribution in [2.24, 2.45) is 0 Å². The number of aromatic amines is 1. The zero-order valence-electron chi connectivity index (χ0n) is 14.4. The molecule has 3 aromatic heterocycles. The summed E-state index contributed by atoms with van der Waals surface area (Å²) in [5.74, 6) is 1.58. The fourth-order valence-electron chi connectivity index (χ4n) is 2.82. The molecule has 0 aliphatic carbocycles. The molecule has 7 heteroatoms. The number of pyridine rings is 1. The van der Waals surface area contributed by atoms with Crippen molar-refractivity contribution in [3.63, 3.8) is 0 Å². The molecule has 4 aromatic rings. The quantitative estimate of drug-likeness (QED) is 0.491. The first-order valence-corrected chi connectivity index (χ1v) is 9.46. The molecule has 1 N–H and O–H groups in total. The monoisotopic (exact) mass is 384 g/mol. The Hall–Kier alpha value is -2.44. The summed E-state index contributed by atoms with van der Waals surface area (Å²) in [6.07, 6.45) is 3.71. The number of benzene rings is 1. The number of nitrogens with one attached hydrogen (secondary N) is 1. The van der Waals surface area contributed by atoms with Gasteiger partial charge in [0.15, 0.2) is 5.16 Å². The highest BCUT2D eigenvalue weighted by Crippen LogP contribution is 2.28. The number of halogens is 1. The van der Waals surface area contributed by atoms with E-state index in [0.29, 0.717) is 5.15 Å². The van der Waals surface area contributed by atoms with Gasteiger partial charge in [-0.25, -0.2) is 4.98 Å². The highest BCUT2D eigenvalue weighted by molar-refractivity contribution is 7.98. The molecule has 0 radical (unpaired) electrons. The summed E-state index contributed by atoms with van der Waals surface area (Å²) in [7, 11) is 1.67. The summed E-state index contributed by atoms with van der Waals surface area (Å²) in [6.45, 7) is 2.02. The van der Waals surface area contributed by atoms with Crippen LogP contribution in [0, 0.1) is 6.92 Å². The summed E-state index contributed by atoms with van der Waals surface area (Å²) in [5, 5.41) is 1.54. The molecule has 132 valence electrons. The fourth-order valence-corrected chi connectivity index (χ4v) is 3.96. The van der Waals surface area contributed by atoms with Gasteiger partial charge in [-0.05, 0) is 43.3 Å². The predicted molar refractivity (Wildman–Crippen MR) is 106 cm³/mol. The van der Waals surface area contributed by atoms with Gasteiger partial charge >= 0.3 is 0 Å². The number of ether oxygens (including phenoxy) is 1. The summed E-state index contributed by atoms with van der Waals surface area (Å²) in [4.78, 5) is 12.5. The highest BCUT2D eigenvalue weighted by atomic mass is 35.5. The SMILES string of the molecule is COc1ccnc(CSc2nc3ccc(-n4cccc4Cl)cc3[nH]2)c1C. The normalized spacial score (nSPS) is 11.2. The third-order valence-electron chi connectivity index (χ3n) is 4.25. The van der Waals surface area contributed by atoms with Crippen LogP contribution in [0.15, 0.2) is 53.9 Å². The largest absolute Gasteiger partial charge is 0.496 e. The van der Waals surface area contributed by atoms with Crippen molar-refractivity contribution in [3.05, 3.63) is 65.2 Å². The number of rotatable bonds is 5. The van der Waals surface area contributed by atoms with Gasteiger partial charge in [-0.1, -0.05) is 23.4 Å². The number of H-pyrrole nitrogens is 1. The van der Waals surface area contributed by atoms with Crippen molar-refractivity contribution in [2.75, 3.05) is 7.11 Å². The Kier molecular flexibility index (Phi) is 4.61. The Balaban J connectivity index is 1.57. The Morgan fingerprint density at radius 1 is 1.27 bits per heavy atom. The summed E-state index contributed by atoms with van der Waals surface area (Å²) in [6, 6.07) is 11.7. The van der Waals surface area contributed by atoms with Crippen LogP contribution in [0.25, 0.3) is 16.7 Å². The van der Waals surface area contributed by atoms with E-state index in [4.69, 9.17) is 16.3 Å². The van der Waals surface area contributed by atoms with E-state index in [0.717, 1.165) is 44.6 Å². The average Bonchev–Trinajstić information content (AvgIpc) is 3.25. The lowest BCUT2D eigenvalue weighted by Crippen LogP contribution is -1.95. The minimum atomic E-state index is 0.679. The minimum absolute atomic E-state index is 0.679. The maximum atomic E-state index is 6.20. The van der Waals surface area contributed by atoms with Crippen LogP contribution >= 0.6 is 23.4 Å². The topological polar surface area (TPSA) is 55.7 Å². The van der Waals surface area contributed by atoms with Gasteiger partial charge in [0, 0.05) is 29.4 Å². The highest BCUT2D eigenvalue weighted by Gasteiger charge is 2.10. The van der Waals surface area contributed by atoms with E-state index in [1.807, 2.05) is 54.1 Å². The van der Waals surface area contributed by atoms with Crippen LogP contribution in [0.3, 0.4) is 0 Å². The van der Waals surface area contributed by atoms with Crippen LogP contribution in [0.1, 0.15) is 11.3 Å². The molecule has 3 heterocycles. The van der Waals surface area contributed by atoms with E-state index < -0.39 is 0 Å². The molecular weight excluding hydrogens is 368 g/mol. The molecule has 0 aliphatic rings. The molecule has 0 aliphatic heterocycles. The fraction of sp³-hybridized carbons (Fsp3) is 0.158. The molecule has 0 saturated carbocycles. The Morgan fingerprint density at radius 3 is 2.92 bits per heavy atom. The minimum Gasteiger partial charge on any atom is -0.496 e. The zero-order chi connectivity index (χ0) is 18.1. The Labute approximate surface area is 160 Å². The molecule has 5 nitrogen and oxygen atoms in total. The van der Waals surface area contributed by atoms with E-state index >= 15 is 0 Å². The van der Waals surface area contributed by atoms with Crippen LogP contribution < -0.4 is 4.74 Å². The Bertz CT molecular complexity index is 1070. The first-order chi connectivity index (χ1) is 12.7. The van der Waals surface area contributed by atoms with E-state index in [1.54, 1.807) is 25.1 Å². The number of hydrogen-bond acceptors (Lipinski definition) is 4. The van der Waals surface area contributed by atoms with Gasteiger partial charge in [0.2, 0.25) is 0 Å². The maximum Gasteiger partial charge on any atom is 0.166 e. The van der Waals surface area contributed by atoms with Gasteiger partial charge < -0.3 is 14.3 Å². The van der Waals surface area contributed by atoms with Gasteiger partial charge in [0.25, 0.3) is 0 Å². The van der Waals surface area contributed by atoms with Gasteiger partial charge in [-0.3, -0.25) is 4.98 Å². The first kappa shape index (κ1) is 17.0. The number of imidazole rings is 1. The van der Waals surface area contributed by atoms with E-state index in [1.165, 1.54) is 0 Å². The number of methoxy groups -OCH3 is 1. The molecule has 26 heavy (non-hydrogen) atoms. The van der Waals surface area contributed by atoms with Crippen molar-refractivity contribution < 1.29 is 4.74 Å². The van der Waals surface area contributed by atoms with Crippen molar-refractivity contribution in [3.8, 4) is 11.4 Å². The number of hydrogen-bond donors (Lipinski definition) is 1. The van der Waals surface area contributed by atoms with Gasteiger partial charge in [0.1, 0.15) is 10.9 Å². The smallest absolute Gasteiger partial charge is 0.166 e. The van der Waals surface area contributed by atoms with Crippen LogP contribution in [0.4, 0.5) is 0 Å². The Morgan fingerprint density at radius 2 is 2.15 bits per heavy atom. The van der Waals surface area contributed by atoms with Crippen LogP contribution in [0.2, 0.25) is 5.15 Å². The molecule has 0 atom stereocenters. The van der Waals surface area contributed by atoms with Gasteiger partial charge in [0.05, 0.1) is 23.8 Å². The zero-order valence-corrected chi connectivity index (χ0v) is 15.9. The van der Waals surface area contributed by atoms with Crippen molar-refractivity contribution in [1.29, 1.82) is 0 Å². The lowest BCUT2D eigenvalue weighted by Gasteiger charge is -2.08. The maximum absolute atomic E-state index is 6.20. The van der Waals surface area contributed by atoms with E-state index in [-0.39, 0.29) is 0 Å². The molecule has 0 fully saturated rings. The molecule has 0 amide bonds. The lowest BCUT2D eigenvalue weighted by atomic mass is 10.2. The van der Waals surface area contributed by atoms with Crippen LogP contribution in [-0.4, -0.2) is 26.6 Å². The standard InChI is InChI=1S/C19H17ClN4OS/c1-12-16(21-8-7-17(12)25-2)11-26-19-22-14-6-5-13(10-15(14)23-19)24-9-3-4-18(24)20/h3-10H,11H2,1-2H3,(H,22,23). The van der Waals surface area contributed by atoms with Gasteiger partial charge in [-0.15, -0.1) is 0 Å². The summed E-state index contributed by atoms with van der Waals surface area (Å²) < 4.78 is 7.29. The predicted octanol–water partition coefficient (Wildman–Crippen LogP) is 5.01. The summed E-state index contributed by atoms with van der Waals surface area (Å²) in [5.41, 5.74) is 4.95. The second kappa shape index (κ2) is 7.05. The number of fused-ring (bicyclic) bond motifs is 1. The molecule has 0 unspecified atom stereocenters. The molecule has 4 rings (SSSR count). The average molecular weight is 385 g/mol. The molecule has 0 bridgehead atoms. The van der Waals surface area contributed by atoms with Crippen molar-refractivity contribution in [1.82, 2.24) is 19.5 Å². The van der Waals surface area contributed by atoms with Crippen molar-refractivity contribution in [2.45, 2.75) is 17.8 Å². The summed E-state index contributed by atoms with van der Waals surface area (Å²) >= 11 is 7.83. The van der Waals surface area contributed by atoms with Crippen molar-refractivity contribution >= 4 is 34.4 Å². The van der Waals surface area contributed by atoms with Gasteiger partial charge in [-0.2, -0.15) is 0 Å². The lowest BCUT2D eigenvalue weighted by molar-refractivity contribution is 0.410. The molecule has 0 spiro atoms. The third kappa shape index (κ3) is 3.18. The molecule has 0 saturated heterocycles. The number of thioether (sulfide) groups is 1. The second-order valence-electron chi connectivity index (χ2n) is 5.82. The van der Waals surface area contributed by atoms with Crippen LogP contribution in [-0.2, 0) is 5.75 Å². The second-order valence-corrected chi connectivity index (χ2v) is 7.17.